The highest BCUT2D eigenvalue weighted by Gasteiger charge is 2.16. The van der Waals surface area contributed by atoms with Gasteiger partial charge in [0.15, 0.2) is 17.3 Å². The normalized spacial score (nSPS) is 14.6. The van der Waals surface area contributed by atoms with Crippen molar-refractivity contribution in [3.8, 4) is 34.1 Å². The predicted octanol–water partition coefficient (Wildman–Crippen LogP) is 2.66. The third-order valence-corrected chi connectivity index (χ3v) is 5.39. The summed E-state index contributed by atoms with van der Waals surface area (Å²) in [5.74, 6) is 3.06. The second-order valence-electron chi connectivity index (χ2n) is 7.18. The fourth-order valence-electron chi connectivity index (χ4n) is 3.65. The Morgan fingerprint density at radius 2 is 1.70 bits per heavy atom. The fourth-order valence-corrected chi connectivity index (χ4v) is 3.65. The average Bonchev–Trinajstić information content (AvgIpc) is 3.18. The molecule has 0 bridgehead atoms. The van der Waals surface area contributed by atoms with E-state index in [2.05, 4.69) is 24.6 Å². The van der Waals surface area contributed by atoms with Crippen LogP contribution in [0, 0.1) is 6.92 Å². The first-order chi connectivity index (χ1) is 14.7. The molecule has 3 aromatic rings. The van der Waals surface area contributed by atoms with Gasteiger partial charge in [0.1, 0.15) is 11.5 Å². The van der Waals surface area contributed by atoms with Gasteiger partial charge in [-0.1, -0.05) is 6.07 Å². The second-order valence-corrected chi connectivity index (χ2v) is 7.18. The van der Waals surface area contributed by atoms with E-state index in [1.165, 1.54) is 0 Å². The lowest BCUT2D eigenvalue weighted by Gasteiger charge is -2.26. The summed E-state index contributed by atoms with van der Waals surface area (Å²) >= 11 is 0. The molecule has 0 radical (unpaired) electrons. The molecule has 1 aromatic carbocycles. The van der Waals surface area contributed by atoms with Crippen LogP contribution in [-0.2, 0) is 11.3 Å². The largest absolute Gasteiger partial charge is 0.493 e. The van der Waals surface area contributed by atoms with E-state index in [0.717, 1.165) is 67.9 Å². The number of hydrogen-bond acceptors (Lipinski definition) is 7. The van der Waals surface area contributed by atoms with Crippen LogP contribution in [-0.4, -0.2) is 71.7 Å². The van der Waals surface area contributed by atoms with Crippen LogP contribution in [0.5, 0.6) is 11.5 Å². The number of hydrogen-bond donors (Lipinski definition) is 0. The van der Waals surface area contributed by atoms with Gasteiger partial charge in [0.05, 0.1) is 27.4 Å². The minimum Gasteiger partial charge on any atom is -0.493 e. The summed E-state index contributed by atoms with van der Waals surface area (Å²) in [5.41, 5.74) is 2.85. The van der Waals surface area contributed by atoms with Crippen LogP contribution in [0.4, 0.5) is 0 Å². The van der Waals surface area contributed by atoms with Crippen LogP contribution in [0.3, 0.4) is 0 Å². The van der Waals surface area contributed by atoms with Crippen molar-refractivity contribution in [2.75, 3.05) is 47.1 Å². The molecule has 0 saturated carbocycles. The first kappa shape index (κ1) is 20.3. The summed E-state index contributed by atoms with van der Waals surface area (Å²) in [4.78, 5) is 6.97. The van der Waals surface area contributed by atoms with Gasteiger partial charge in [-0.3, -0.25) is 9.88 Å². The van der Waals surface area contributed by atoms with Crippen molar-refractivity contribution < 1.29 is 14.2 Å². The minimum atomic E-state index is 0.692. The van der Waals surface area contributed by atoms with Crippen molar-refractivity contribution >= 4 is 0 Å². The highest BCUT2D eigenvalue weighted by molar-refractivity contribution is 5.70. The molecule has 0 N–H and O–H groups in total. The number of aryl methyl sites for hydroxylation is 1. The van der Waals surface area contributed by atoms with Gasteiger partial charge in [-0.25, -0.2) is 0 Å². The van der Waals surface area contributed by atoms with Crippen LogP contribution >= 0.6 is 0 Å². The molecule has 0 aliphatic carbocycles. The molecule has 158 valence electrons. The topological polar surface area (TPSA) is 74.5 Å². The molecule has 0 amide bonds. The third-order valence-electron chi connectivity index (χ3n) is 5.39. The Bertz CT molecular complexity index is 998. The molecule has 0 spiro atoms. The van der Waals surface area contributed by atoms with Gasteiger partial charge in [-0.2, -0.15) is 0 Å². The van der Waals surface area contributed by atoms with Crippen molar-refractivity contribution in [2.24, 2.45) is 0 Å². The van der Waals surface area contributed by atoms with Crippen molar-refractivity contribution in [2.45, 2.75) is 13.5 Å². The Morgan fingerprint density at radius 3 is 2.47 bits per heavy atom. The van der Waals surface area contributed by atoms with Crippen LogP contribution in [0.25, 0.3) is 22.6 Å². The van der Waals surface area contributed by atoms with Gasteiger partial charge in [-0.05, 0) is 42.3 Å². The van der Waals surface area contributed by atoms with E-state index in [1.54, 1.807) is 20.4 Å². The van der Waals surface area contributed by atoms with E-state index in [-0.39, 0.29) is 0 Å². The molecule has 1 aliphatic rings. The molecule has 8 nitrogen and oxygen atoms in total. The van der Waals surface area contributed by atoms with Crippen molar-refractivity contribution in [1.29, 1.82) is 0 Å². The Hall–Kier alpha value is -2.97. The maximum absolute atomic E-state index is 5.44. The molecule has 0 atom stereocenters. The maximum Gasteiger partial charge on any atom is 0.182 e. The van der Waals surface area contributed by atoms with Gasteiger partial charge < -0.3 is 18.8 Å². The number of ether oxygens (including phenoxy) is 3. The molecular formula is C22H27N5O3. The van der Waals surface area contributed by atoms with E-state index in [0.29, 0.717) is 11.5 Å². The van der Waals surface area contributed by atoms with Crippen molar-refractivity contribution in [1.82, 2.24) is 24.6 Å². The summed E-state index contributed by atoms with van der Waals surface area (Å²) in [6.45, 7) is 7.24. The number of methoxy groups -OCH3 is 2. The third kappa shape index (κ3) is 4.29. The Kier molecular flexibility index (Phi) is 6.25. The Morgan fingerprint density at radius 1 is 0.933 bits per heavy atom. The Labute approximate surface area is 176 Å². The molecule has 0 unspecified atom stereocenters. The number of benzene rings is 1. The van der Waals surface area contributed by atoms with Gasteiger partial charge in [0.2, 0.25) is 0 Å². The van der Waals surface area contributed by atoms with Crippen LogP contribution in [0.1, 0.15) is 5.82 Å². The second kappa shape index (κ2) is 9.23. The number of nitrogens with zero attached hydrogens (tertiary/aromatic N) is 5. The van der Waals surface area contributed by atoms with E-state index in [1.807, 2.05) is 37.3 Å². The molecular weight excluding hydrogens is 382 g/mol. The number of rotatable bonds is 7. The van der Waals surface area contributed by atoms with E-state index in [4.69, 9.17) is 14.2 Å². The summed E-state index contributed by atoms with van der Waals surface area (Å²) in [6.07, 6.45) is 1.80. The number of morpholine rings is 1. The van der Waals surface area contributed by atoms with Crippen molar-refractivity contribution in [3.63, 3.8) is 0 Å². The molecule has 1 saturated heterocycles. The molecule has 3 heterocycles. The van der Waals surface area contributed by atoms with Gasteiger partial charge >= 0.3 is 0 Å². The maximum atomic E-state index is 5.44. The zero-order valence-electron chi connectivity index (χ0n) is 17.7. The highest BCUT2D eigenvalue weighted by Crippen LogP contribution is 2.33. The standard InChI is InChI=1S/C22H27N5O3/c1-16-24-25-22(27(16)9-8-26-10-12-30-13-11-26)19-14-18(6-7-23-19)17-4-5-20(28-2)21(15-17)29-3/h4-7,14-15H,8-13H2,1-3H3. The number of aromatic nitrogens is 4. The molecule has 8 heteroatoms. The molecule has 2 aromatic heterocycles. The lowest BCUT2D eigenvalue weighted by molar-refractivity contribution is 0.0364. The molecule has 4 rings (SSSR count). The van der Waals surface area contributed by atoms with Gasteiger partial charge in [0, 0.05) is 32.4 Å². The smallest absolute Gasteiger partial charge is 0.182 e. The van der Waals surface area contributed by atoms with Crippen LogP contribution < -0.4 is 9.47 Å². The summed E-state index contributed by atoms with van der Waals surface area (Å²) < 4.78 is 18.4. The van der Waals surface area contributed by atoms with Crippen LogP contribution in [0.2, 0.25) is 0 Å². The van der Waals surface area contributed by atoms with Crippen LogP contribution in [0.15, 0.2) is 36.5 Å². The van der Waals surface area contributed by atoms with E-state index in [9.17, 15) is 0 Å². The van der Waals surface area contributed by atoms with E-state index >= 15 is 0 Å². The molecule has 1 aliphatic heterocycles. The quantitative estimate of drug-likeness (QED) is 0.594. The first-order valence-electron chi connectivity index (χ1n) is 10.1. The minimum absolute atomic E-state index is 0.692. The van der Waals surface area contributed by atoms with E-state index < -0.39 is 0 Å². The monoisotopic (exact) mass is 409 g/mol. The zero-order chi connectivity index (χ0) is 20.9. The number of pyridine rings is 1. The lowest BCUT2D eigenvalue weighted by Crippen LogP contribution is -2.38. The molecule has 30 heavy (non-hydrogen) atoms. The summed E-state index contributed by atoms with van der Waals surface area (Å²) in [7, 11) is 3.27. The fraction of sp³-hybridized carbons (Fsp3) is 0.409. The Balaban J connectivity index is 1.60. The molecule has 1 fully saturated rings. The zero-order valence-corrected chi connectivity index (χ0v) is 17.7. The predicted molar refractivity (Wildman–Crippen MR) is 114 cm³/mol. The van der Waals surface area contributed by atoms with Crippen molar-refractivity contribution in [3.05, 3.63) is 42.4 Å². The average molecular weight is 409 g/mol. The van der Waals surface area contributed by atoms with Gasteiger partial charge in [0.25, 0.3) is 0 Å². The SMILES string of the molecule is COc1ccc(-c2ccnc(-c3nnc(C)n3CCN3CCOCC3)c2)cc1OC. The van der Waals surface area contributed by atoms with Gasteiger partial charge in [-0.15, -0.1) is 10.2 Å². The lowest BCUT2D eigenvalue weighted by atomic mass is 10.1. The first-order valence-corrected chi connectivity index (χ1v) is 10.1. The highest BCUT2D eigenvalue weighted by atomic mass is 16.5. The summed E-state index contributed by atoms with van der Waals surface area (Å²) in [5, 5.41) is 8.71. The summed E-state index contributed by atoms with van der Waals surface area (Å²) in [6, 6.07) is 9.90.